The summed E-state index contributed by atoms with van der Waals surface area (Å²) in [5.74, 6) is -0.856. The monoisotopic (exact) mass is 274 g/mol. The molecule has 0 atom stereocenters. The molecular weight excluding hydrogens is 252 g/mol. The standard InChI is InChI=1S/C16H22N2O2/c1-14(11-16(19)20)12-17-7-9-18(10-8-17)13-15-5-3-2-4-6-15/h2-6,11H,7-10,12-13H2,1H3,(H,19,20). The van der Waals surface area contributed by atoms with Gasteiger partial charge in [-0.05, 0) is 12.5 Å². The molecule has 0 unspecified atom stereocenters. The summed E-state index contributed by atoms with van der Waals surface area (Å²) in [6.45, 7) is 7.70. The maximum Gasteiger partial charge on any atom is 0.328 e. The Morgan fingerprint density at radius 1 is 1.15 bits per heavy atom. The molecule has 1 aliphatic heterocycles. The van der Waals surface area contributed by atoms with Crippen LogP contribution in [0, 0.1) is 0 Å². The number of hydrogen-bond donors (Lipinski definition) is 1. The molecule has 0 spiro atoms. The van der Waals surface area contributed by atoms with Gasteiger partial charge in [-0.3, -0.25) is 9.80 Å². The summed E-state index contributed by atoms with van der Waals surface area (Å²) in [6.07, 6.45) is 1.30. The number of aliphatic carboxylic acids is 1. The molecule has 2 rings (SSSR count). The topological polar surface area (TPSA) is 43.8 Å². The number of rotatable bonds is 5. The SMILES string of the molecule is CC(=CC(=O)O)CN1CCN(Cc2ccccc2)CC1. The van der Waals surface area contributed by atoms with Crippen LogP contribution in [0.15, 0.2) is 42.0 Å². The van der Waals surface area contributed by atoms with E-state index in [-0.39, 0.29) is 0 Å². The second-order valence-electron chi connectivity index (χ2n) is 5.37. The molecule has 1 aliphatic rings. The van der Waals surface area contributed by atoms with Gasteiger partial charge in [0.05, 0.1) is 0 Å². The van der Waals surface area contributed by atoms with Crippen LogP contribution in [-0.4, -0.2) is 53.6 Å². The minimum absolute atomic E-state index is 0.755. The normalized spacial score (nSPS) is 18.1. The fraction of sp³-hybridized carbons (Fsp3) is 0.438. The Morgan fingerprint density at radius 2 is 1.75 bits per heavy atom. The van der Waals surface area contributed by atoms with Crippen LogP contribution in [0.5, 0.6) is 0 Å². The van der Waals surface area contributed by atoms with E-state index in [1.54, 1.807) is 0 Å². The van der Waals surface area contributed by atoms with Gasteiger partial charge >= 0.3 is 5.97 Å². The molecule has 4 nitrogen and oxygen atoms in total. The van der Waals surface area contributed by atoms with Gasteiger partial charge in [-0.2, -0.15) is 0 Å². The van der Waals surface area contributed by atoms with Gasteiger partial charge in [0.2, 0.25) is 0 Å². The van der Waals surface area contributed by atoms with Crippen LogP contribution in [0.3, 0.4) is 0 Å². The number of hydrogen-bond acceptors (Lipinski definition) is 3. The molecule has 0 saturated carbocycles. The van der Waals surface area contributed by atoms with Gasteiger partial charge in [0.25, 0.3) is 0 Å². The maximum atomic E-state index is 10.6. The lowest BCUT2D eigenvalue weighted by Gasteiger charge is -2.34. The number of carboxylic acid groups (broad SMARTS) is 1. The number of nitrogens with zero attached hydrogens (tertiary/aromatic N) is 2. The van der Waals surface area contributed by atoms with Crippen molar-refractivity contribution in [2.45, 2.75) is 13.5 Å². The van der Waals surface area contributed by atoms with Crippen LogP contribution in [0.2, 0.25) is 0 Å². The summed E-state index contributed by atoms with van der Waals surface area (Å²) in [5.41, 5.74) is 2.26. The van der Waals surface area contributed by atoms with Crippen molar-refractivity contribution in [1.29, 1.82) is 0 Å². The molecule has 1 N–H and O–H groups in total. The minimum atomic E-state index is -0.856. The highest BCUT2D eigenvalue weighted by Gasteiger charge is 2.16. The van der Waals surface area contributed by atoms with Crippen LogP contribution < -0.4 is 0 Å². The molecule has 1 aromatic rings. The minimum Gasteiger partial charge on any atom is -0.478 e. The molecule has 1 fully saturated rings. The van der Waals surface area contributed by atoms with Gasteiger partial charge in [0.1, 0.15) is 0 Å². The maximum absolute atomic E-state index is 10.6. The zero-order valence-electron chi connectivity index (χ0n) is 12.0. The zero-order valence-corrected chi connectivity index (χ0v) is 12.0. The van der Waals surface area contributed by atoms with E-state index >= 15 is 0 Å². The highest BCUT2D eigenvalue weighted by atomic mass is 16.4. The largest absolute Gasteiger partial charge is 0.478 e. The highest BCUT2D eigenvalue weighted by Crippen LogP contribution is 2.09. The lowest BCUT2D eigenvalue weighted by atomic mass is 10.2. The molecule has 0 radical (unpaired) electrons. The number of carbonyl (C=O) groups is 1. The van der Waals surface area contributed by atoms with Gasteiger partial charge < -0.3 is 5.11 Å². The van der Waals surface area contributed by atoms with E-state index in [4.69, 9.17) is 5.11 Å². The third-order valence-corrected chi connectivity index (χ3v) is 3.56. The molecule has 1 saturated heterocycles. The Balaban J connectivity index is 1.76. The molecule has 0 aromatic heterocycles. The summed E-state index contributed by atoms with van der Waals surface area (Å²) < 4.78 is 0. The fourth-order valence-corrected chi connectivity index (χ4v) is 2.56. The summed E-state index contributed by atoms with van der Waals surface area (Å²) in [6, 6.07) is 10.5. The van der Waals surface area contributed by atoms with E-state index in [1.807, 2.05) is 13.0 Å². The van der Waals surface area contributed by atoms with Crippen molar-refractivity contribution in [3.63, 3.8) is 0 Å². The van der Waals surface area contributed by atoms with Crippen LogP contribution in [0.4, 0.5) is 0 Å². The Labute approximate surface area is 120 Å². The van der Waals surface area contributed by atoms with Crippen molar-refractivity contribution in [2.75, 3.05) is 32.7 Å². The smallest absolute Gasteiger partial charge is 0.328 e. The van der Waals surface area contributed by atoms with Crippen molar-refractivity contribution in [2.24, 2.45) is 0 Å². The van der Waals surface area contributed by atoms with Crippen molar-refractivity contribution < 1.29 is 9.90 Å². The third-order valence-electron chi connectivity index (χ3n) is 3.56. The van der Waals surface area contributed by atoms with Gasteiger partial charge in [0, 0.05) is 45.3 Å². The van der Waals surface area contributed by atoms with Crippen LogP contribution >= 0.6 is 0 Å². The zero-order chi connectivity index (χ0) is 14.4. The second-order valence-corrected chi connectivity index (χ2v) is 5.37. The summed E-state index contributed by atoms with van der Waals surface area (Å²) in [5, 5.41) is 8.72. The average Bonchev–Trinajstić information content (AvgIpc) is 2.41. The average molecular weight is 274 g/mol. The van der Waals surface area contributed by atoms with Gasteiger partial charge in [-0.15, -0.1) is 0 Å². The lowest BCUT2D eigenvalue weighted by Crippen LogP contribution is -2.46. The predicted molar refractivity (Wildman–Crippen MR) is 79.6 cm³/mol. The molecule has 1 heterocycles. The summed E-state index contributed by atoms with van der Waals surface area (Å²) in [7, 11) is 0. The van der Waals surface area contributed by atoms with Crippen LogP contribution in [0.1, 0.15) is 12.5 Å². The first-order valence-corrected chi connectivity index (χ1v) is 7.02. The Kier molecular flexibility index (Phi) is 5.32. The molecular formula is C16H22N2O2. The van der Waals surface area contributed by atoms with E-state index in [2.05, 4.69) is 34.1 Å². The third kappa shape index (κ3) is 4.79. The molecule has 1 aromatic carbocycles. The van der Waals surface area contributed by atoms with Crippen molar-refractivity contribution in [3.8, 4) is 0 Å². The fourth-order valence-electron chi connectivity index (χ4n) is 2.56. The lowest BCUT2D eigenvalue weighted by molar-refractivity contribution is -0.131. The molecule has 4 heteroatoms. The van der Waals surface area contributed by atoms with Gasteiger partial charge in [-0.1, -0.05) is 35.9 Å². The quantitative estimate of drug-likeness (QED) is 0.832. The van der Waals surface area contributed by atoms with Crippen LogP contribution in [-0.2, 0) is 11.3 Å². The molecule has 20 heavy (non-hydrogen) atoms. The first-order valence-electron chi connectivity index (χ1n) is 7.02. The summed E-state index contributed by atoms with van der Waals surface area (Å²) >= 11 is 0. The highest BCUT2D eigenvalue weighted by molar-refractivity contribution is 5.80. The van der Waals surface area contributed by atoms with Gasteiger partial charge in [-0.25, -0.2) is 4.79 Å². The van der Waals surface area contributed by atoms with Crippen molar-refractivity contribution in [1.82, 2.24) is 9.80 Å². The van der Waals surface area contributed by atoms with E-state index in [0.29, 0.717) is 0 Å². The van der Waals surface area contributed by atoms with Crippen LogP contribution in [0.25, 0.3) is 0 Å². The Bertz CT molecular complexity index is 463. The second kappa shape index (κ2) is 7.22. The predicted octanol–water partition coefficient (Wildman–Crippen LogP) is 1.84. The van der Waals surface area contributed by atoms with E-state index in [1.165, 1.54) is 11.6 Å². The Morgan fingerprint density at radius 3 is 2.35 bits per heavy atom. The van der Waals surface area contributed by atoms with E-state index in [0.717, 1.165) is 44.8 Å². The first-order chi connectivity index (χ1) is 9.63. The number of benzene rings is 1. The molecule has 0 amide bonds. The molecule has 0 bridgehead atoms. The molecule has 0 aliphatic carbocycles. The van der Waals surface area contributed by atoms with E-state index < -0.39 is 5.97 Å². The summed E-state index contributed by atoms with van der Waals surface area (Å²) in [4.78, 5) is 15.4. The number of piperazine rings is 1. The first kappa shape index (κ1) is 14.8. The van der Waals surface area contributed by atoms with Crippen molar-refractivity contribution in [3.05, 3.63) is 47.5 Å². The number of carboxylic acids is 1. The van der Waals surface area contributed by atoms with Crippen molar-refractivity contribution >= 4 is 5.97 Å². The van der Waals surface area contributed by atoms with Gasteiger partial charge in [0.15, 0.2) is 0 Å². The van der Waals surface area contributed by atoms with E-state index in [9.17, 15) is 4.79 Å². The molecule has 108 valence electrons. The Hall–Kier alpha value is -1.65.